The van der Waals surface area contributed by atoms with Gasteiger partial charge in [-0.3, -0.25) is 4.79 Å². The van der Waals surface area contributed by atoms with Gasteiger partial charge in [-0.05, 0) is 19.3 Å². The van der Waals surface area contributed by atoms with Gasteiger partial charge >= 0.3 is 0 Å². The van der Waals surface area contributed by atoms with Crippen molar-refractivity contribution < 1.29 is 39.8 Å². The standard InChI is InChI=1S/C55H107NO8/c1-3-5-7-9-11-13-15-16-17-18-19-20-21-22-23-24-25-26-27-28-29-30-31-32-33-34-35-36-38-40-42-44-49(58)48(47-63-55-54(62)53(61)52(60)50(46-57)64-55)56-51(59)45-43-41-39-37-14-12-10-8-6-4-2/h42,44,48-50,52-55,57-58,60-62H,3-41,43,45-47H2,1-2H3,(H,56,59)/b44-42+. The van der Waals surface area contributed by atoms with E-state index in [9.17, 15) is 30.3 Å². The van der Waals surface area contributed by atoms with Crippen LogP contribution >= 0.6 is 0 Å². The first-order chi connectivity index (χ1) is 31.3. The fraction of sp³-hybridized carbons (Fsp3) is 0.945. The minimum atomic E-state index is -1.56. The van der Waals surface area contributed by atoms with Crippen LogP contribution in [0.5, 0.6) is 0 Å². The summed E-state index contributed by atoms with van der Waals surface area (Å²) in [5.41, 5.74) is 0. The van der Waals surface area contributed by atoms with Crippen LogP contribution < -0.4 is 5.32 Å². The van der Waals surface area contributed by atoms with Crippen molar-refractivity contribution in [2.24, 2.45) is 0 Å². The quantitative estimate of drug-likeness (QED) is 0.0261. The molecule has 0 aromatic heterocycles. The van der Waals surface area contributed by atoms with E-state index in [0.29, 0.717) is 6.42 Å². The number of nitrogens with one attached hydrogen (secondary N) is 1. The number of amides is 1. The van der Waals surface area contributed by atoms with Gasteiger partial charge in [-0.15, -0.1) is 0 Å². The molecule has 0 aromatic rings. The summed E-state index contributed by atoms with van der Waals surface area (Å²) in [7, 11) is 0. The number of ether oxygens (including phenoxy) is 2. The van der Waals surface area contributed by atoms with E-state index in [2.05, 4.69) is 19.2 Å². The first-order valence-corrected chi connectivity index (χ1v) is 27.9. The highest BCUT2D eigenvalue weighted by molar-refractivity contribution is 5.76. The van der Waals surface area contributed by atoms with E-state index in [-0.39, 0.29) is 12.5 Å². The van der Waals surface area contributed by atoms with Gasteiger partial charge in [0.25, 0.3) is 0 Å². The maximum Gasteiger partial charge on any atom is 0.220 e. The summed E-state index contributed by atoms with van der Waals surface area (Å²) in [5.74, 6) is -0.176. The molecule has 0 aromatic carbocycles. The highest BCUT2D eigenvalue weighted by atomic mass is 16.7. The van der Waals surface area contributed by atoms with Crippen LogP contribution in [0, 0.1) is 0 Å². The molecule has 0 aliphatic carbocycles. The molecule has 0 saturated carbocycles. The van der Waals surface area contributed by atoms with Gasteiger partial charge in [0.2, 0.25) is 5.91 Å². The van der Waals surface area contributed by atoms with Crippen LogP contribution in [0.1, 0.15) is 277 Å². The monoisotopic (exact) mass is 910 g/mol. The number of carbonyl (C=O) groups excluding carboxylic acids is 1. The summed E-state index contributed by atoms with van der Waals surface area (Å²) in [6, 6.07) is -0.798. The normalized spacial score (nSPS) is 20.0. The third-order valence-electron chi connectivity index (χ3n) is 13.6. The first-order valence-electron chi connectivity index (χ1n) is 27.9. The fourth-order valence-corrected chi connectivity index (χ4v) is 9.16. The van der Waals surface area contributed by atoms with Crippen molar-refractivity contribution >= 4 is 5.91 Å². The van der Waals surface area contributed by atoms with E-state index in [0.717, 1.165) is 38.5 Å². The zero-order chi connectivity index (χ0) is 46.6. The molecule has 64 heavy (non-hydrogen) atoms. The molecule has 1 saturated heterocycles. The van der Waals surface area contributed by atoms with Crippen LogP contribution in [0.3, 0.4) is 0 Å². The smallest absolute Gasteiger partial charge is 0.220 e. The molecule has 6 N–H and O–H groups in total. The van der Waals surface area contributed by atoms with E-state index in [1.54, 1.807) is 6.08 Å². The number of rotatable bonds is 48. The minimum absolute atomic E-state index is 0.176. The number of hydrogen-bond donors (Lipinski definition) is 6. The molecule has 0 bridgehead atoms. The molecule has 380 valence electrons. The molecule has 1 heterocycles. The Kier molecular flexibility index (Phi) is 43.5. The first kappa shape index (κ1) is 60.9. The van der Waals surface area contributed by atoms with Crippen LogP contribution in [-0.4, -0.2) is 87.5 Å². The van der Waals surface area contributed by atoms with Gasteiger partial charge in [0, 0.05) is 6.42 Å². The highest BCUT2D eigenvalue weighted by Gasteiger charge is 2.44. The number of aliphatic hydroxyl groups is 5. The molecule has 9 nitrogen and oxygen atoms in total. The Labute approximate surface area is 395 Å². The Hall–Kier alpha value is -1.07. The third kappa shape index (κ3) is 35.1. The molecule has 0 spiro atoms. The molecule has 1 aliphatic heterocycles. The van der Waals surface area contributed by atoms with Crippen LogP contribution in [0.4, 0.5) is 0 Å². The van der Waals surface area contributed by atoms with Gasteiger partial charge in [-0.25, -0.2) is 0 Å². The van der Waals surface area contributed by atoms with Gasteiger partial charge < -0.3 is 40.3 Å². The lowest BCUT2D eigenvalue weighted by Gasteiger charge is -2.40. The number of allylic oxidation sites excluding steroid dienone is 1. The zero-order valence-corrected chi connectivity index (χ0v) is 42.1. The Morgan fingerprint density at radius 1 is 0.516 bits per heavy atom. The van der Waals surface area contributed by atoms with E-state index >= 15 is 0 Å². The summed E-state index contributed by atoms with van der Waals surface area (Å²) >= 11 is 0. The lowest BCUT2D eigenvalue weighted by molar-refractivity contribution is -0.302. The Morgan fingerprint density at radius 2 is 0.859 bits per heavy atom. The van der Waals surface area contributed by atoms with Crippen molar-refractivity contribution in [1.82, 2.24) is 5.32 Å². The van der Waals surface area contributed by atoms with Gasteiger partial charge in [0.1, 0.15) is 24.4 Å². The summed E-state index contributed by atoms with van der Waals surface area (Å²) in [4.78, 5) is 12.9. The Balaban J connectivity index is 2.12. The van der Waals surface area contributed by atoms with Gasteiger partial charge in [0.15, 0.2) is 6.29 Å². The fourth-order valence-electron chi connectivity index (χ4n) is 9.16. The van der Waals surface area contributed by atoms with Crippen molar-refractivity contribution in [3.63, 3.8) is 0 Å². The van der Waals surface area contributed by atoms with Crippen LogP contribution in [0.15, 0.2) is 12.2 Å². The minimum Gasteiger partial charge on any atom is -0.394 e. The van der Waals surface area contributed by atoms with E-state index in [1.165, 1.54) is 218 Å². The van der Waals surface area contributed by atoms with Crippen molar-refractivity contribution in [2.45, 2.75) is 320 Å². The Bertz CT molecular complexity index is 1010. The number of unbranched alkanes of at least 4 members (excludes halogenated alkanes) is 38. The largest absolute Gasteiger partial charge is 0.394 e. The Morgan fingerprint density at radius 3 is 1.22 bits per heavy atom. The second-order valence-corrected chi connectivity index (χ2v) is 19.7. The van der Waals surface area contributed by atoms with Crippen molar-refractivity contribution in [3.8, 4) is 0 Å². The van der Waals surface area contributed by atoms with Gasteiger partial charge in [0.05, 0.1) is 25.4 Å². The summed E-state index contributed by atoms with van der Waals surface area (Å²) < 4.78 is 11.2. The predicted molar refractivity (Wildman–Crippen MR) is 267 cm³/mol. The van der Waals surface area contributed by atoms with E-state index in [1.807, 2.05) is 6.08 Å². The number of carbonyl (C=O) groups is 1. The van der Waals surface area contributed by atoms with Crippen molar-refractivity contribution in [2.75, 3.05) is 13.2 Å². The molecular weight excluding hydrogens is 803 g/mol. The maximum atomic E-state index is 12.9. The molecule has 1 amide bonds. The van der Waals surface area contributed by atoms with Crippen LogP contribution in [0.2, 0.25) is 0 Å². The molecular formula is C55H107NO8. The lowest BCUT2D eigenvalue weighted by atomic mass is 9.99. The second-order valence-electron chi connectivity index (χ2n) is 19.7. The lowest BCUT2D eigenvalue weighted by Crippen LogP contribution is -2.60. The highest BCUT2D eigenvalue weighted by Crippen LogP contribution is 2.23. The van der Waals surface area contributed by atoms with Crippen LogP contribution in [0.25, 0.3) is 0 Å². The topological polar surface area (TPSA) is 149 Å². The maximum absolute atomic E-state index is 12.9. The SMILES string of the molecule is CCCCCCCCCCCCCCCCCCCCCCCCCCCCCCC/C=C/C(O)C(COC1OC(CO)C(O)C(O)C1O)NC(=O)CCCCCCCCCCCC. The molecule has 1 rings (SSSR count). The van der Waals surface area contributed by atoms with Gasteiger partial charge in [-0.2, -0.15) is 0 Å². The molecule has 7 atom stereocenters. The van der Waals surface area contributed by atoms with Crippen molar-refractivity contribution in [3.05, 3.63) is 12.2 Å². The van der Waals surface area contributed by atoms with Gasteiger partial charge in [-0.1, -0.05) is 264 Å². The van der Waals surface area contributed by atoms with E-state index in [4.69, 9.17) is 9.47 Å². The molecule has 9 heteroatoms. The third-order valence-corrected chi connectivity index (χ3v) is 13.6. The number of hydrogen-bond acceptors (Lipinski definition) is 8. The van der Waals surface area contributed by atoms with Crippen molar-refractivity contribution in [1.29, 1.82) is 0 Å². The molecule has 0 radical (unpaired) electrons. The molecule has 1 aliphatic rings. The summed E-state index contributed by atoms with van der Waals surface area (Å²) in [5, 5.41) is 54.3. The molecule has 7 unspecified atom stereocenters. The predicted octanol–water partition coefficient (Wildman–Crippen LogP) is 13.2. The van der Waals surface area contributed by atoms with Crippen LogP contribution in [-0.2, 0) is 14.3 Å². The average molecular weight is 910 g/mol. The second kappa shape index (κ2) is 45.7. The summed E-state index contributed by atoms with van der Waals surface area (Å²) in [6.45, 7) is 3.78. The average Bonchev–Trinajstić information content (AvgIpc) is 3.29. The summed E-state index contributed by atoms with van der Waals surface area (Å²) in [6.07, 6.45) is 48.8. The van der Waals surface area contributed by atoms with E-state index < -0.39 is 49.5 Å². The molecule has 1 fully saturated rings. The zero-order valence-electron chi connectivity index (χ0n) is 42.1. The number of aliphatic hydroxyl groups excluding tert-OH is 5.